The lowest BCUT2D eigenvalue weighted by molar-refractivity contribution is 0.396. The highest BCUT2D eigenvalue weighted by molar-refractivity contribution is 7.15. The third-order valence-corrected chi connectivity index (χ3v) is 3.19. The zero-order chi connectivity index (χ0) is 10.1. The summed E-state index contributed by atoms with van der Waals surface area (Å²) in [7, 11) is 0. The molecule has 0 aliphatic rings. The number of halogens is 1. The minimum atomic E-state index is 0.351. The number of hydrogen-bond acceptors (Lipinski definition) is 4. The van der Waals surface area contributed by atoms with E-state index in [1.807, 2.05) is 19.9 Å². The second kappa shape index (κ2) is 3.71. The molecule has 0 aromatic carbocycles. The molecule has 2 aromatic rings. The quantitative estimate of drug-likeness (QED) is 0.742. The summed E-state index contributed by atoms with van der Waals surface area (Å²) in [5.74, 6) is 1.04. The van der Waals surface area contributed by atoms with E-state index in [4.69, 9.17) is 16.1 Å². The van der Waals surface area contributed by atoms with Gasteiger partial charge in [0.1, 0.15) is 5.69 Å². The number of hydrogen-bond donors (Lipinski definition) is 0. The fourth-order valence-corrected chi connectivity index (χ4v) is 2.25. The molecule has 0 atom stereocenters. The Hall–Kier alpha value is -0.870. The first-order valence-electron chi connectivity index (χ1n) is 4.16. The first-order chi connectivity index (χ1) is 6.70. The molecule has 0 aliphatic heterocycles. The maximum absolute atomic E-state index is 5.63. The van der Waals surface area contributed by atoms with E-state index in [9.17, 15) is 0 Å². The van der Waals surface area contributed by atoms with Gasteiger partial charge in [0.15, 0.2) is 5.76 Å². The number of aromatic nitrogens is 2. The van der Waals surface area contributed by atoms with Crippen LogP contribution in [0.3, 0.4) is 0 Å². The van der Waals surface area contributed by atoms with Gasteiger partial charge in [-0.25, -0.2) is 4.98 Å². The number of alkyl halides is 1. The molecule has 0 saturated heterocycles. The largest absolute Gasteiger partial charge is 0.359 e. The average molecular weight is 229 g/mol. The van der Waals surface area contributed by atoms with E-state index in [1.165, 1.54) is 0 Å². The fraction of sp³-hybridized carbons (Fsp3) is 0.333. The smallest absolute Gasteiger partial charge is 0.152 e. The second-order valence-corrected chi connectivity index (χ2v) is 4.43. The van der Waals surface area contributed by atoms with Crippen LogP contribution in [0.5, 0.6) is 0 Å². The average Bonchev–Trinajstić information content (AvgIpc) is 2.71. The second-order valence-electron chi connectivity index (χ2n) is 2.96. The van der Waals surface area contributed by atoms with Crippen LogP contribution in [-0.4, -0.2) is 10.1 Å². The van der Waals surface area contributed by atoms with Gasteiger partial charge in [-0.15, -0.1) is 22.9 Å². The number of rotatable bonds is 2. The molecule has 0 spiro atoms. The Morgan fingerprint density at radius 2 is 2.29 bits per heavy atom. The lowest BCUT2D eigenvalue weighted by Crippen LogP contribution is -1.76. The van der Waals surface area contributed by atoms with E-state index in [0.29, 0.717) is 11.6 Å². The van der Waals surface area contributed by atoms with Crippen LogP contribution in [0.4, 0.5) is 0 Å². The van der Waals surface area contributed by atoms with Gasteiger partial charge < -0.3 is 4.52 Å². The summed E-state index contributed by atoms with van der Waals surface area (Å²) in [6.45, 7) is 3.94. The van der Waals surface area contributed by atoms with Gasteiger partial charge in [0, 0.05) is 6.07 Å². The predicted octanol–water partition coefficient (Wildman–Crippen LogP) is 3.15. The highest BCUT2D eigenvalue weighted by atomic mass is 35.5. The zero-order valence-electron chi connectivity index (χ0n) is 7.87. The molecule has 2 aromatic heterocycles. The van der Waals surface area contributed by atoms with E-state index >= 15 is 0 Å². The number of aryl methyl sites for hydroxylation is 2. The summed E-state index contributed by atoms with van der Waals surface area (Å²) in [6, 6.07) is 1.85. The van der Waals surface area contributed by atoms with Crippen LogP contribution in [0.1, 0.15) is 16.5 Å². The van der Waals surface area contributed by atoms with Gasteiger partial charge in [-0.1, -0.05) is 5.16 Å². The van der Waals surface area contributed by atoms with E-state index < -0.39 is 0 Å². The van der Waals surface area contributed by atoms with Crippen molar-refractivity contribution in [2.45, 2.75) is 19.7 Å². The van der Waals surface area contributed by atoms with Crippen molar-refractivity contribution in [1.82, 2.24) is 10.1 Å². The first kappa shape index (κ1) is 9.68. The molecule has 14 heavy (non-hydrogen) atoms. The van der Waals surface area contributed by atoms with Gasteiger partial charge in [-0.2, -0.15) is 0 Å². The Kier molecular flexibility index (Phi) is 2.56. The number of thiazole rings is 1. The SMILES string of the molecule is Cc1nc(C)c(-c2cc(CCl)on2)s1. The van der Waals surface area contributed by atoms with Gasteiger partial charge in [-0.05, 0) is 13.8 Å². The van der Waals surface area contributed by atoms with Crippen molar-refractivity contribution >= 4 is 22.9 Å². The minimum absolute atomic E-state index is 0.351. The van der Waals surface area contributed by atoms with E-state index in [2.05, 4.69) is 10.1 Å². The van der Waals surface area contributed by atoms with Crippen LogP contribution >= 0.6 is 22.9 Å². The molecule has 0 saturated carbocycles. The van der Waals surface area contributed by atoms with Crippen LogP contribution < -0.4 is 0 Å². The summed E-state index contributed by atoms with van der Waals surface area (Å²) in [5.41, 5.74) is 1.81. The zero-order valence-corrected chi connectivity index (χ0v) is 9.45. The lowest BCUT2D eigenvalue weighted by Gasteiger charge is -1.87. The third-order valence-electron chi connectivity index (χ3n) is 1.83. The van der Waals surface area contributed by atoms with Gasteiger partial charge in [0.2, 0.25) is 0 Å². The highest BCUT2D eigenvalue weighted by Gasteiger charge is 2.12. The van der Waals surface area contributed by atoms with Crippen molar-refractivity contribution in [1.29, 1.82) is 0 Å². The Morgan fingerprint density at radius 1 is 1.50 bits per heavy atom. The molecule has 0 unspecified atom stereocenters. The molecule has 0 fully saturated rings. The van der Waals surface area contributed by atoms with Crippen LogP contribution in [0.2, 0.25) is 0 Å². The molecule has 2 heterocycles. The molecular weight excluding hydrogens is 220 g/mol. The molecular formula is C9H9ClN2OS. The Labute approximate surface area is 90.7 Å². The van der Waals surface area contributed by atoms with Crippen LogP contribution in [-0.2, 0) is 5.88 Å². The van der Waals surface area contributed by atoms with E-state index in [1.54, 1.807) is 11.3 Å². The molecule has 0 N–H and O–H groups in total. The molecule has 0 amide bonds. The van der Waals surface area contributed by atoms with Gasteiger partial charge >= 0.3 is 0 Å². The summed E-state index contributed by atoms with van der Waals surface area (Å²) in [6.07, 6.45) is 0. The summed E-state index contributed by atoms with van der Waals surface area (Å²) in [5, 5.41) is 4.98. The highest BCUT2D eigenvalue weighted by Crippen LogP contribution is 2.29. The first-order valence-corrected chi connectivity index (χ1v) is 5.51. The molecule has 2 rings (SSSR count). The van der Waals surface area contributed by atoms with Gasteiger partial charge in [-0.3, -0.25) is 0 Å². The van der Waals surface area contributed by atoms with Crippen molar-refractivity contribution in [3.05, 3.63) is 22.5 Å². The van der Waals surface area contributed by atoms with E-state index in [-0.39, 0.29) is 0 Å². The van der Waals surface area contributed by atoms with Crippen LogP contribution in [0, 0.1) is 13.8 Å². The molecule has 0 bridgehead atoms. The molecule has 5 heteroatoms. The Morgan fingerprint density at radius 3 is 2.79 bits per heavy atom. The van der Waals surface area contributed by atoms with Crippen molar-refractivity contribution in [2.75, 3.05) is 0 Å². The van der Waals surface area contributed by atoms with Crippen molar-refractivity contribution in [3.8, 4) is 10.6 Å². The van der Waals surface area contributed by atoms with Crippen molar-refractivity contribution in [3.63, 3.8) is 0 Å². The standard InChI is InChI=1S/C9H9ClN2OS/c1-5-9(14-6(2)11-5)8-3-7(4-10)13-12-8/h3H,4H2,1-2H3. The summed E-state index contributed by atoms with van der Waals surface area (Å²) < 4.78 is 5.03. The monoisotopic (exact) mass is 228 g/mol. The molecule has 74 valence electrons. The third kappa shape index (κ3) is 1.67. The maximum Gasteiger partial charge on any atom is 0.152 e. The van der Waals surface area contributed by atoms with Gasteiger partial charge in [0.05, 0.1) is 21.5 Å². The Bertz CT molecular complexity index is 449. The molecule has 3 nitrogen and oxygen atoms in total. The van der Waals surface area contributed by atoms with Gasteiger partial charge in [0.25, 0.3) is 0 Å². The van der Waals surface area contributed by atoms with Crippen LogP contribution in [0.15, 0.2) is 10.6 Å². The molecule has 0 radical (unpaired) electrons. The Balaban J connectivity index is 2.43. The van der Waals surface area contributed by atoms with Crippen molar-refractivity contribution < 1.29 is 4.52 Å². The fourth-order valence-electron chi connectivity index (χ4n) is 1.25. The predicted molar refractivity (Wildman–Crippen MR) is 56.6 cm³/mol. The maximum atomic E-state index is 5.63. The number of nitrogens with zero attached hydrogens (tertiary/aromatic N) is 2. The minimum Gasteiger partial charge on any atom is -0.359 e. The van der Waals surface area contributed by atoms with Crippen molar-refractivity contribution in [2.24, 2.45) is 0 Å². The normalized spacial score (nSPS) is 10.8. The van der Waals surface area contributed by atoms with Crippen LogP contribution in [0.25, 0.3) is 10.6 Å². The topological polar surface area (TPSA) is 38.9 Å². The van der Waals surface area contributed by atoms with E-state index in [0.717, 1.165) is 21.3 Å². The lowest BCUT2D eigenvalue weighted by atomic mass is 10.3. The summed E-state index contributed by atoms with van der Waals surface area (Å²) in [4.78, 5) is 5.38. The molecule has 0 aliphatic carbocycles. The summed E-state index contributed by atoms with van der Waals surface area (Å²) >= 11 is 7.24.